The van der Waals surface area contributed by atoms with E-state index in [1.54, 1.807) is 0 Å². The lowest BCUT2D eigenvalue weighted by atomic mass is 10.00. The van der Waals surface area contributed by atoms with Gasteiger partial charge in [0.2, 0.25) is 0 Å². The number of aliphatic carboxylic acids is 1. The number of carboxylic acids is 1. The summed E-state index contributed by atoms with van der Waals surface area (Å²) >= 11 is 0. The number of hydrogen-bond donors (Lipinski definition) is 3. The van der Waals surface area contributed by atoms with Crippen LogP contribution in [0, 0.1) is 5.92 Å². The standard InChI is InChI=1S/C15H31N3O2/c1-2-3-4-5-6-7-8-9-10-11-13(14(19)20)12-18-15(16)17/h13H,2-12H2,1H3,(H,19,20)(H4,16,17,18). The molecule has 0 bridgehead atoms. The van der Waals surface area contributed by atoms with E-state index in [4.69, 9.17) is 16.6 Å². The van der Waals surface area contributed by atoms with Crippen molar-refractivity contribution in [2.75, 3.05) is 6.54 Å². The minimum absolute atomic E-state index is 0.0386. The lowest BCUT2D eigenvalue weighted by Gasteiger charge is -2.09. The lowest BCUT2D eigenvalue weighted by Crippen LogP contribution is -2.25. The van der Waals surface area contributed by atoms with Crippen molar-refractivity contribution in [1.82, 2.24) is 0 Å². The summed E-state index contributed by atoms with van der Waals surface area (Å²) < 4.78 is 0. The zero-order chi connectivity index (χ0) is 15.2. The summed E-state index contributed by atoms with van der Waals surface area (Å²) in [5.41, 5.74) is 10.4. The van der Waals surface area contributed by atoms with E-state index >= 15 is 0 Å². The van der Waals surface area contributed by atoms with Gasteiger partial charge in [0.05, 0.1) is 12.5 Å². The summed E-state index contributed by atoms with van der Waals surface area (Å²) in [6, 6.07) is 0. The van der Waals surface area contributed by atoms with Gasteiger partial charge in [0.15, 0.2) is 5.96 Å². The second-order valence-electron chi connectivity index (χ2n) is 5.42. The molecule has 0 aromatic heterocycles. The maximum absolute atomic E-state index is 11.0. The van der Waals surface area contributed by atoms with Crippen molar-refractivity contribution >= 4 is 11.9 Å². The second kappa shape index (κ2) is 12.8. The average molecular weight is 285 g/mol. The highest BCUT2D eigenvalue weighted by Gasteiger charge is 2.16. The molecule has 0 heterocycles. The molecule has 5 N–H and O–H groups in total. The Morgan fingerprint density at radius 3 is 1.95 bits per heavy atom. The smallest absolute Gasteiger partial charge is 0.308 e. The number of carboxylic acid groups (broad SMARTS) is 1. The highest BCUT2D eigenvalue weighted by Crippen LogP contribution is 2.14. The van der Waals surface area contributed by atoms with Gasteiger partial charge in [-0.1, -0.05) is 64.7 Å². The molecule has 0 saturated heterocycles. The lowest BCUT2D eigenvalue weighted by molar-refractivity contribution is -0.141. The molecule has 1 atom stereocenters. The number of unbranched alkanes of at least 4 members (excludes halogenated alkanes) is 8. The molecule has 0 aliphatic carbocycles. The number of guanidine groups is 1. The Balaban J connectivity index is 3.54. The number of nitrogens with two attached hydrogens (primary N) is 2. The van der Waals surface area contributed by atoms with Crippen LogP contribution in [0.1, 0.15) is 71.1 Å². The van der Waals surface area contributed by atoms with Gasteiger partial charge < -0.3 is 16.6 Å². The first-order valence-corrected chi connectivity index (χ1v) is 7.86. The van der Waals surface area contributed by atoms with Gasteiger partial charge in [-0.2, -0.15) is 0 Å². The molecule has 0 rings (SSSR count). The Morgan fingerprint density at radius 2 is 1.50 bits per heavy atom. The van der Waals surface area contributed by atoms with Crippen LogP contribution in [0.4, 0.5) is 0 Å². The predicted octanol–water partition coefficient (Wildman–Crippen LogP) is 2.88. The molecule has 5 heteroatoms. The van der Waals surface area contributed by atoms with E-state index in [2.05, 4.69) is 11.9 Å². The zero-order valence-corrected chi connectivity index (χ0v) is 12.8. The van der Waals surface area contributed by atoms with Crippen LogP contribution in [0.3, 0.4) is 0 Å². The summed E-state index contributed by atoms with van der Waals surface area (Å²) in [6.07, 6.45) is 11.7. The van der Waals surface area contributed by atoms with Gasteiger partial charge in [-0.15, -0.1) is 0 Å². The van der Waals surface area contributed by atoms with Crippen LogP contribution in [-0.2, 0) is 4.79 Å². The van der Waals surface area contributed by atoms with Gasteiger partial charge in [0.25, 0.3) is 0 Å². The van der Waals surface area contributed by atoms with Crippen LogP contribution in [0.25, 0.3) is 0 Å². The molecule has 0 aliphatic heterocycles. The molecule has 0 spiro atoms. The molecule has 1 unspecified atom stereocenters. The Labute approximate surface area is 122 Å². The molecule has 0 aromatic carbocycles. The van der Waals surface area contributed by atoms with Crippen molar-refractivity contribution in [3.63, 3.8) is 0 Å². The van der Waals surface area contributed by atoms with Crippen molar-refractivity contribution in [3.05, 3.63) is 0 Å². The largest absolute Gasteiger partial charge is 0.481 e. The first kappa shape index (κ1) is 18.7. The third-order valence-electron chi connectivity index (χ3n) is 3.50. The molecule has 118 valence electrons. The monoisotopic (exact) mass is 285 g/mol. The fourth-order valence-electron chi connectivity index (χ4n) is 2.21. The highest BCUT2D eigenvalue weighted by molar-refractivity contribution is 5.76. The Hall–Kier alpha value is -1.26. The highest BCUT2D eigenvalue weighted by atomic mass is 16.4. The summed E-state index contributed by atoms with van der Waals surface area (Å²) in [5.74, 6) is -1.31. The van der Waals surface area contributed by atoms with Crippen molar-refractivity contribution in [2.24, 2.45) is 22.4 Å². The molecule has 0 radical (unpaired) electrons. The Morgan fingerprint density at radius 1 is 1.00 bits per heavy atom. The third kappa shape index (κ3) is 11.8. The topological polar surface area (TPSA) is 102 Å². The zero-order valence-electron chi connectivity index (χ0n) is 12.8. The summed E-state index contributed by atoms with van der Waals surface area (Å²) in [6.45, 7) is 2.41. The molecular formula is C15H31N3O2. The molecule has 0 fully saturated rings. The SMILES string of the molecule is CCCCCCCCCCCC(CN=C(N)N)C(=O)O. The van der Waals surface area contributed by atoms with Gasteiger partial charge in [-0.25, -0.2) is 0 Å². The molecule has 5 nitrogen and oxygen atoms in total. The first-order chi connectivity index (χ1) is 9.57. The van der Waals surface area contributed by atoms with E-state index in [0.717, 1.165) is 12.8 Å². The van der Waals surface area contributed by atoms with Gasteiger partial charge in [-0.05, 0) is 6.42 Å². The minimum Gasteiger partial charge on any atom is -0.481 e. The summed E-state index contributed by atoms with van der Waals surface area (Å²) in [5, 5.41) is 9.06. The molecule has 0 aliphatic rings. The normalized spacial score (nSPS) is 12.1. The van der Waals surface area contributed by atoms with Crippen LogP contribution in [0.15, 0.2) is 4.99 Å². The Kier molecular flexibility index (Phi) is 12.0. The maximum atomic E-state index is 11.0. The van der Waals surface area contributed by atoms with Crippen molar-refractivity contribution in [3.8, 4) is 0 Å². The van der Waals surface area contributed by atoms with Crippen LogP contribution in [-0.4, -0.2) is 23.6 Å². The summed E-state index contributed by atoms with van der Waals surface area (Å²) in [7, 11) is 0. The minimum atomic E-state index is -0.811. The quantitative estimate of drug-likeness (QED) is 0.275. The van der Waals surface area contributed by atoms with Crippen molar-refractivity contribution < 1.29 is 9.90 Å². The number of hydrogen-bond acceptors (Lipinski definition) is 2. The maximum Gasteiger partial charge on any atom is 0.308 e. The molecule has 0 saturated carbocycles. The molecule has 0 aromatic rings. The van der Waals surface area contributed by atoms with E-state index in [1.807, 2.05) is 0 Å². The third-order valence-corrected chi connectivity index (χ3v) is 3.50. The van der Waals surface area contributed by atoms with Crippen LogP contribution < -0.4 is 11.5 Å². The summed E-state index contributed by atoms with van der Waals surface area (Å²) in [4.78, 5) is 14.8. The van der Waals surface area contributed by atoms with E-state index in [1.165, 1.54) is 44.9 Å². The van der Waals surface area contributed by atoms with Gasteiger partial charge in [0.1, 0.15) is 0 Å². The van der Waals surface area contributed by atoms with Crippen molar-refractivity contribution in [1.29, 1.82) is 0 Å². The Bertz CT molecular complexity index is 276. The van der Waals surface area contributed by atoms with E-state index in [0.29, 0.717) is 6.42 Å². The number of aliphatic imine (C=N–C) groups is 1. The molecule has 0 amide bonds. The average Bonchev–Trinajstić information content (AvgIpc) is 2.39. The number of nitrogens with zero attached hydrogens (tertiary/aromatic N) is 1. The van der Waals surface area contributed by atoms with E-state index in [9.17, 15) is 4.79 Å². The molecular weight excluding hydrogens is 254 g/mol. The number of rotatable bonds is 13. The van der Waals surface area contributed by atoms with E-state index in [-0.39, 0.29) is 12.5 Å². The number of carbonyl (C=O) groups is 1. The fraction of sp³-hybridized carbons (Fsp3) is 0.867. The molecule has 20 heavy (non-hydrogen) atoms. The van der Waals surface area contributed by atoms with Crippen LogP contribution in [0.2, 0.25) is 0 Å². The fourth-order valence-corrected chi connectivity index (χ4v) is 2.21. The van der Waals surface area contributed by atoms with Crippen LogP contribution in [0.5, 0.6) is 0 Å². The van der Waals surface area contributed by atoms with E-state index < -0.39 is 11.9 Å². The second-order valence-corrected chi connectivity index (χ2v) is 5.42. The van der Waals surface area contributed by atoms with Gasteiger partial charge in [0, 0.05) is 0 Å². The van der Waals surface area contributed by atoms with Crippen molar-refractivity contribution in [2.45, 2.75) is 71.1 Å². The van der Waals surface area contributed by atoms with Gasteiger partial charge in [-0.3, -0.25) is 9.79 Å². The van der Waals surface area contributed by atoms with Gasteiger partial charge >= 0.3 is 5.97 Å². The predicted molar refractivity (Wildman–Crippen MR) is 83.6 cm³/mol. The first-order valence-electron chi connectivity index (χ1n) is 7.86. The van der Waals surface area contributed by atoms with Crippen LogP contribution >= 0.6 is 0 Å².